The van der Waals surface area contributed by atoms with Crippen molar-refractivity contribution < 1.29 is 29.0 Å². The van der Waals surface area contributed by atoms with Gasteiger partial charge < -0.3 is 14.7 Å². The minimum absolute atomic E-state index is 0.194. The van der Waals surface area contributed by atoms with Crippen molar-refractivity contribution in [3.8, 4) is 0 Å². The van der Waals surface area contributed by atoms with Crippen LogP contribution >= 0.6 is 0 Å². The maximum absolute atomic E-state index is 11.6. The standard InChI is InChI=1S/C12H20N2O6/c1-5-20-9(16)7-14(4)11(19)13-8(15)6-12(2,3)10(17)18/h5-7H2,1-4H3,(H,17,18)(H,13,15,19). The van der Waals surface area contributed by atoms with Gasteiger partial charge in [0, 0.05) is 13.5 Å². The maximum atomic E-state index is 11.6. The molecule has 0 aromatic carbocycles. The largest absolute Gasteiger partial charge is 0.481 e. The van der Waals surface area contributed by atoms with Crippen LogP contribution in [0.5, 0.6) is 0 Å². The third kappa shape index (κ3) is 6.17. The number of carboxylic acids is 1. The number of likely N-dealkylation sites (N-methyl/N-ethyl adjacent to an activating group) is 1. The molecule has 0 spiro atoms. The number of rotatable bonds is 6. The summed E-state index contributed by atoms with van der Waals surface area (Å²) < 4.78 is 4.66. The van der Waals surface area contributed by atoms with E-state index in [1.165, 1.54) is 20.9 Å². The summed E-state index contributed by atoms with van der Waals surface area (Å²) >= 11 is 0. The van der Waals surface area contributed by atoms with Crippen LogP contribution in [0, 0.1) is 5.41 Å². The highest BCUT2D eigenvalue weighted by molar-refractivity contribution is 5.97. The molecule has 0 rings (SSSR count). The maximum Gasteiger partial charge on any atom is 0.325 e. The van der Waals surface area contributed by atoms with Crippen molar-refractivity contribution in [3.05, 3.63) is 0 Å². The minimum atomic E-state index is -1.27. The minimum Gasteiger partial charge on any atom is -0.481 e. The van der Waals surface area contributed by atoms with E-state index in [0.29, 0.717) is 0 Å². The summed E-state index contributed by atoms with van der Waals surface area (Å²) in [4.78, 5) is 46.1. The number of carboxylic acid groups (broad SMARTS) is 1. The first kappa shape index (κ1) is 17.9. The summed E-state index contributed by atoms with van der Waals surface area (Å²) in [5, 5.41) is 10.9. The third-order valence-corrected chi connectivity index (χ3v) is 2.45. The zero-order valence-corrected chi connectivity index (χ0v) is 12.1. The number of carbonyl (C=O) groups is 4. The van der Waals surface area contributed by atoms with Gasteiger partial charge in [0.15, 0.2) is 0 Å². The lowest BCUT2D eigenvalue weighted by Gasteiger charge is -2.20. The molecule has 0 bridgehead atoms. The van der Waals surface area contributed by atoms with Crippen LogP contribution in [0.15, 0.2) is 0 Å². The van der Waals surface area contributed by atoms with Gasteiger partial charge >= 0.3 is 18.0 Å². The van der Waals surface area contributed by atoms with Gasteiger partial charge in [0.25, 0.3) is 0 Å². The van der Waals surface area contributed by atoms with Crippen LogP contribution in [0.2, 0.25) is 0 Å². The van der Waals surface area contributed by atoms with Gasteiger partial charge in [0.2, 0.25) is 5.91 Å². The van der Waals surface area contributed by atoms with E-state index in [9.17, 15) is 19.2 Å². The third-order valence-electron chi connectivity index (χ3n) is 2.45. The molecule has 0 aliphatic heterocycles. The summed E-state index contributed by atoms with van der Waals surface area (Å²) in [5.74, 6) is -2.46. The first-order valence-corrected chi connectivity index (χ1v) is 6.04. The summed E-state index contributed by atoms with van der Waals surface area (Å²) in [6.45, 7) is 4.29. The topological polar surface area (TPSA) is 113 Å². The number of hydrogen-bond donors (Lipinski definition) is 2. The van der Waals surface area contributed by atoms with Gasteiger partial charge in [-0.15, -0.1) is 0 Å². The number of aliphatic carboxylic acids is 1. The number of carbonyl (C=O) groups excluding carboxylic acids is 3. The summed E-state index contributed by atoms with van der Waals surface area (Å²) in [7, 11) is 1.32. The Kier molecular flexibility index (Phi) is 6.67. The molecule has 0 saturated heterocycles. The van der Waals surface area contributed by atoms with Crippen molar-refractivity contribution >= 4 is 23.9 Å². The predicted octanol–water partition coefficient (Wildman–Crippen LogP) is 0.218. The Balaban J connectivity index is 4.36. The molecule has 8 nitrogen and oxygen atoms in total. The molecule has 114 valence electrons. The first-order chi connectivity index (χ1) is 9.10. The molecule has 0 radical (unpaired) electrons. The van der Waals surface area contributed by atoms with Crippen LogP contribution in [0.1, 0.15) is 27.2 Å². The number of esters is 1. The molecular weight excluding hydrogens is 268 g/mol. The molecule has 2 N–H and O–H groups in total. The Bertz CT molecular complexity index is 405. The van der Waals surface area contributed by atoms with E-state index >= 15 is 0 Å². The van der Waals surface area contributed by atoms with Gasteiger partial charge in [0.05, 0.1) is 12.0 Å². The lowest BCUT2D eigenvalue weighted by molar-refractivity contribution is -0.149. The normalized spacial score (nSPS) is 10.6. The summed E-state index contributed by atoms with van der Waals surface area (Å²) in [5.41, 5.74) is -1.27. The average molecular weight is 288 g/mol. The zero-order valence-electron chi connectivity index (χ0n) is 12.1. The van der Waals surface area contributed by atoms with Crippen LogP contribution in [0.4, 0.5) is 4.79 Å². The summed E-state index contributed by atoms with van der Waals surface area (Å²) in [6.07, 6.45) is -0.346. The quantitative estimate of drug-likeness (QED) is 0.676. The molecule has 0 atom stereocenters. The molecule has 0 fully saturated rings. The molecule has 20 heavy (non-hydrogen) atoms. The molecule has 0 aliphatic rings. The second kappa shape index (κ2) is 7.46. The first-order valence-electron chi connectivity index (χ1n) is 6.04. The van der Waals surface area contributed by atoms with Crippen molar-refractivity contribution in [3.63, 3.8) is 0 Å². The molecular formula is C12H20N2O6. The smallest absolute Gasteiger partial charge is 0.325 e. The second-order valence-corrected chi connectivity index (χ2v) is 4.88. The Labute approximate surface area is 117 Å². The molecule has 0 aliphatic carbocycles. The van der Waals surface area contributed by atoms with Crippen molar-refractivity contribution in [2.45, 2.75) is 27.2 Å². The van der Waals surface area contributed by atoms with Gasteiger partial charge in [-0.2, -0.15) is 0 Å². The fraction of sp³-hybridized carbons (Fsp3) is 0.667. The van der Waals surface area contributed by atoms with Gasteiger partial charge in [-0.05, 0) is 20.8 Å². The number of nitrogens with one attached hydrogen (secondary N) is 1. The Hall–Kier alpha value is -2.12. The van der Waals surface area contributed by atoms with Gasteiger partial charge in [0.1, 0.15) is 6.54 Å². The lowest BCUT2D eigenvalue weighted by atomic mass is 9.89. The Morgan fingerprint density at radius 3 is 2.25 bits per heavy atom. The highest BCUT2D eigenvalue weighted by Gasteiger charge is 2.31. The van der Waals surface area contributed by atoms with E-state index in [4.69, 9.17) is 5.11 Å². The molecule has 0 heterocycles. The summed E-state index contributed by atoms with van der Waals surface area (Å²) in [6, 6.07) is -0.788. The Morgan fingerprint density at radius 1 is 1.25 bits per heavy atom. The van der Waals surface area contributed by atoms with Gasteiger partial charge in [-0.25, -0.2) is 4.79 Å². The van der Waals surface area contributed by atoms with Crippen molar-refractivity contribution in [2.24, 2.45) is 5.41 Å². The molecule has 8 heteroatoms. The number of urea groups is 1. The Morgan fingerprint density at radius 2 is 1.80 bits per heavy atom. The van der Waals surface area contributed by atoms with Crippen molar-refractivity contribution in [1.82, 2.24) is 10.2 Å². The van der Waals surface area contributed by atoms with Gasteiger partial charge in [-0.1, -0.05) is 0 Å². The van der Waals surface area contributed by atoms with E-state index in [2.05, 4.69) is 4.74 Å². The number of amides is 3. The SMILES string of the molecule is CCOC(=O)CN(C)C(=O)NC(=O)CC(C)(C)C(=O)O. The fourth-order valence-corrected chi connectivity index (χ4v) is 1.21. The monoisotopic (exact) mass is 288 g/mol. The number of nitrogens with zero attached hydrogens (tertiary/aromatic N) is 1. The van der Waals surface area contributed by atoms with E-state index in [0.717, 1.165) is 4.90 Å². The van der Waals surface area contributed by atoms with Crippen LogP contribution in [0.25, 0.3) is 0 Å². The number of hydrogen-bond acceptors (Lipinski definition) is 5. The van der Waals surface area contributed by atoms with Crippen molar-refractivity contribution in [1.29, 1.82) is 0 Å². The molecule has 3 amide bonds. The highest BCUT2D eigenvalue weighted by atomic mass is 16.5. The fourth-order valence-electron chi connectivity index (χ4n) is 1.21. The molecule has 0 aromatic heterocycles. The average Bonchev–Trinajstić information content (AvgIpc) is 2.27. The highest BCUT2D eigenvalue weighted by Crippen LogP contribution is 2.19. The van der Waals surface area contributed by atoms with E-state index in [1.807, 2.05) is 5.32 Å². The molecule has 0 aromatic rings. The second-order valence-electron chi connectivity index (χ2n) is 4.88. The molecule has 0 saturated carbocycles. The zero-order chi connectivity index (χ0) is 15.9. The van der Waals surface area contributed by atoms with E-state index in [1.54, 1.807) is 6.92 Å². The van der Waals surface area contributed by atoms with E-state index < -0.39 is 29.3 Å². The van der Waals surface area contributed by atoms with Crippen LogP contribution in [0.3, 0.4) is 0 Å². The number of imide groups is 1. The molecule has 0 unspecified atom stereocenters. The van der Waals surface area contributed by atoms with E-state index in [-0.39, 0.29) is 19.6 Å². The predicted molar refractivity (Wildman–Crippen MR) is 68.8 cm³/mol. The van der Waals surface area contributed by atoms with Crippen LogP contribution in [-0.2, 0) is 19.1 Å². The van der Waals surface area contributed by atoms with Crippen molar-refractivity contribution in [2.75, 3.05) is 20.2 Å². The van der Waals surface area contributed by atoms with Crippen LogP contribution < -0.4 is 5.32 Å². The lowest BCUT2D eigenvalue weighted by Crippen LogP contribution is -2.44. The van der Waals surface area contributed by atoms with Gasteiger partial charge in [-0.3, -0.25) is 19.7 Å². The number of ether oxygens (including phenoxy) is 1. The van der Waals surface area contributed by atoms with Crippen LogP contribution in [-0.4, -0.2) is 54.1 Å².